The van der Waals surface area contributed by atoms with Crippen molar-refractivity contribution in [1.29, 1.82) is 0 Å². The second-order valence-corrected chi connectivity index (χ2v) is 6.56. The molecule has 1 aliphatic heterocycles. The zero-order chi connectivity index (χ0) is 11.5. The summed E-state index contributed by atoms with van der Waals surface area (Å²) in [7, 11) is 0. The number of aryl methyl sites for hydroxylation is 2. The summed E-state index contributed by atoms with van der Waals surface area (Å²) in [4.78, 5) is 3.20. The average Bonchev–Trinajstić information content (AvgIpc) is 2.91. The molecular formula is C14H22N2S. The van der Waals surface area contributed by atoms with Gasteiger partial charge in [-0.15, -0.1) is 11.3 Å². The standard InChI is InChI=1S/C14H22N2S/c1-2-12-8-13(17-14(12)3-1)10-16-9-11-4-6-15-7-5-11/h8,11,15-16H,1-7,9-10H2. The molecule has 0 spiro atoms. The van der Waals surface area contributed by atoms with Crippen LogP contribution in [0.15, 0.2) is 6.07 Å². The van der Waals surface area contributed by atoms with Gasteiger partial charge in [-0.25, -0.2) is 0 Å². The average molecular weight is 250 g/mol. The first-order chi connectivity index (χ1) is 8.42. The van der Waals surface area contributed by atoms with Crippen molar-refractivity contribution in [2.75, 3.05) is 19.6 Å². The lowest BCUT2D eigenvalue weighted by Crippen LogP contribution is -2.33. The minimum absolute atomic E-state index is 0.892. The Balaban J connectivity index is 1.44. The molecule has 0 aromatic carbocycles. The summed E-state index contributed by atoms with van der Waals surface area (Å²) in [5, 5.41) is 7.07. The molecule has 1 fully saturated rings. The summed E-state index contributed by atoms with van der Waals surface area (Å²) < 4.78 is 0. The quantitative estimate of drug-likeness (QED) is 0.857. The van der Waals surface area contributed by atoms with E-state index in [-0.39, 0.29) is 0 Å². The van der Waals surface area contributed by atoms with Crippen molar-refractivity contribution in [2.45, 2.75) is 38.6 Å². The van der Waals surface area contributed by atoms with Gasteiger partial charge in [0.2, 0.25) is 0 Å². The van der Waals surface area contributed by atoms with Gasteiger partial charge in [-0.1, -0.05) is 0 Å². The van der Waals surface area contributed by atoms with Crippen molar-refractivity contribution in [3.05, 3.63) is 21.4 Å². The molecule has 17 heavy (non-hydrogen) atoms. The molecule has 0 radical (unpaired) electrons. The number of hydrogen-bond acceptors (Lipinski definition) is 3. The van der Waals surface area contributed by atoms with Gasteiger partial charge in [0.15, 0.2) is 0 Å². The second-order valence-electron chi connectivity index (χ2n) is 5.34. The molecule has 1 saturated heterocycles. The fraction of sp³-hybridized carbons (Fsp3) is 0.714. The van der Waals surface area contributed by atoms with Gasteiger partial charge in [0.1, 0.15) is 0 Å². The van der Waals surface area contributed by atoms with E-state index in [4.69, 9.17) is 0 Å². The van der Waals surface area contributed by atoms with E-state index in [0.29, 0.717) is 0 Å². The van der Waals surface area contributed by atoms with Crippen LogP contribution in [0.1, 0.15) is 34.6 Å². The van der Waals surface area contributed by atoms with Gasteiger partial charge in [-0.05, 0) is 69.3 Å². The molecule has 0 bridgehead atoms. The molecule has 2 heterocycles. The number of fused-ring (bicyclic) bond motifs is 1. The van der Waals surface area contributed by atoms with E-state index in [1.54, 1.807) is 15.3 Å². The molecule has 0 atom stereocenters. The van der Waals surface area contributed by atoms with Crippen molar-refractivity contribution in [3.8, 4) is 0 Å². The first-order valence-corrected chi connectivity index (χ1v) is 7.75. The fourth-order valence-electron chi connectivity index (χ4n) is 2.96. The Kier molecular flexibility index (Phi) is 3.79. The Hall–Kier alpha value is -0.380. The van der Waals surface area contributed by atoms with Crippen molar-refractivity contribution in [1.82, 2.24) is 10.6 Å². The minimum Gasteiger partial charge on any atom is -0.317 e. The number of piperidine rings is 1. The minimum atomic E-state index is 0.892. The van der Waals surface area contributed by atoms with E-state index in [1.807, 2.05) is 11.3 Å². The van der Waals surface area contributed by atoms with E-state index < -0.39 is 0 Å². The van der Waals surface area contributed by atoms with Crippen LogP contribution in [0.25, 0.3) is 0 Å². The summed E-state index contributed by atoms with van der Waals surface area (Å²) in [6.45, 7) is 4.70. The summed E-state index contributed by atoms with van der Waals surface area (Å²) in [5.74, 6) is 0.892. The highest BCUT2D eigenvalue weighted by molar-refractivity contribution is 7.12. The molecule has 3 rings (SSSR count). The van der Waals surface area contributed by atoms with Crippen molar-refractivity contribution >= 4 is 11.3 Å². The Morgan fingerprint density at radius 3 is 3.00 bits per heavy atom. The molecule has 2 N–H and O–H groups in total. The maximum absolute atomic E-state index is 3.64. The van der Waals surface area contributed by atoms with Gasteiger partial charge in [0.05, 0.1) is 0 Å². The SMILES string of the molecule is c1c(CNCC2CCNCC2)sc2c1CCC2. The normalized spacial score (nSPS) is 20.7. The first kappa shape index (κ1) is 11.7. The van der Waals surface area contributed by atoms with E-state index >= 15 is 0 Å². The third kappa shape index (κ3) is 2.90. The Bertz CT molecular complexity index is 345. The van der Waals surface area contributed by atoms with Crippen molar-refractivity contribution in [3.63, 3.8) is 0 Å². The number of nitrogens with one attached hydrogen (secondary N) is 2. The Morgan fingerprint density at radius 1 is 1.29 bits per heavy atom. The van der Waals surface area contributed by atoms with Gasteiger partial charge in [0, 0.05) is 16.3 Å². The van der Waals surface area contributed by atoms with Crippen LogP contribution in [0.4, 0.5) is 0 Å². The Labute approximate surface area is 108 Å². The number of hydrogen-bond donors (Lipinski definition) is 2. The smallest absolute Gasteiger partial charge is 0.0300 e. The molecule has 1 aliphatic carbocycles. The molecule has 0 saturated carbocycles. The maximum atomic E-state index is 3.64. The second kappa shape index (κ2) is 5.51. The number of rotatable bonds is 4. The van der Waals surface area contributed by atoms with Gasteiger partial charge in [0.25, 0.3) is 0 Å². The Morgan fingerprint density at radius 2 is 2.18 bits per heavy atom. The molecule has 0 amide bonds. The summed E-state index contributed by atoms with van der Waals surface area (Å²) >= 11 is 2.03. The third-order valence-corrected chi connectivity index (χ3v) is 5.23. The molecule has 1 aromatic heterocycles. The van der Waals surface area contributed by atoms with Crippen LogP contribution >= 0.6 is 11.3 Å². The highest BCUT2D eigenvalue weighted by atomic mass is 32.1. The highest BCUT2D eigenvalue weighted by Crippen LogP contribution is 2.30. The first-order valence-electron chi connectivity index (χ1n) is 6.94. The van der Waals surface area contributed by atoms with Gasteiger partial charge < -0.3 is 10.6 Å². The molecule has 1 aromatic rings. The zero-order valence-corrected chi connectivity index (χ0v) is 11.2. The van der Waals surface area contributed by atoms with Crippen LogP contribution in [-0.2, 0) is 19.4 Å². The van der Waals surface area contributed by atoms with Crippen LogP contribution in [0.2, 0.25) is 0 Å². The molecule has 0 unspecified atom stereocenters. The van der Waals surface area contributed by atoms with Crippen LogP contribution in [0, 0.1) is 5.92 Å². The largest absolute Gasteiger partial charge is 0.317 e. The lowest BCUT2D eigenvalue weighted by molar-refractivity contribution is 0.357. The van der Waals surface area contributed by atoms with Crippen LogP contribution in [0.5, 0.6) is 0 Å². The maximum Gasteiger partial charge on any atom is 0.0300 e. The summed E-state index contributed by atoms with van der Waals surface area (Å²) in [5.41, 5.74) is 1.63. The van der Waals surface area contributed by atoms with Gasteiger partial charge >= 0.3 is 0 Å². The van der Waals surface area contributed by atoms with E-state index in [9.17, 15) is 0 Å². The predicted molar refractivity (Wildman–Crippen MR) is 73.6 cm³/mol. The molecular weight excluding hydrogens is 228 g/mol. The molecule has 3 heteroatoms. The molecule has 2 nitrogen and oxygen atoms in total. The predicted octanol–water partition coefficient (Wildman–Crippen LogP) is 2.33. The fourth-order valence-corrected chi connectivity index (χ4v) is 4.19. The van der Waals surface area contributed by atoms with Crippen LogP contribution in [0.3, 0.4) is 0 Å². The molecule has 2 aliphatic rings. The lowest BCUT2D eigenvalue weighted by Gasteiger charge is -2.22. The molecule has 94 valence electrons. The lowest BCUT2D eigenvalue weighted by atomic mass is 9.98. The highest BCUT2D eigenvalue weighted by Gasteiger charge is 2.15. The van der Waals surface area contributed by atoms with Crippen molar-refractivity contribution < 1.29 is 0 Å². The third-order valence-electron chi connectivity index (χ3n) is 3.99. The van der Waals surface area contributed by atoms with Gasteiger partial charge in [-0.2, -0.15) is 0 Å². The summed E-state index contributed by atoms with van der Waals surface area (Å²) in [6, 6.07) is 2.43. The number of thiophene rings is 1. The van der Waals surface area contributed by atoms with E-state index in [2.05, 4.69) is 16.7 Å². The monoisotopic (exact) mass is 250 g/mol. The van der Waals surface area contributed by atoms with Gasteiger partial charge in [-0.3, -0.25) is 0 Å². The van der Waals surface area contributed by atoms with E-state index in [1.165, 1.54) is 51.7 Å². The zero-order valence-electron chi connectivity index (χ0n) is 10.4. The van der Waals surface area contributed by atoms with Crippen LogP contribution < -0.4 is 10.6 Å². The van der Waals surface area contributed by atoms with Crippen LogP contribution in [-0.4, -0.2) is 19.6 Å². The van der Waals surface area contributed by atoms with E-state index in [0.717, 1.165) is 12.5 Å². The topological polar surface area (TPSA) is 24.1 Å². The van der Waals surface area contributed by atoms with Crippen molar-refractivity contribution in [2.24, 2.45) is 5.92 Å². The summed E-state index contributed by atoms with van der Waals surface area (Å²) in [6.07, 6.45) is 6.71.